The number of carbonyl (C=O) groups is 1. The van der Waals surface area contributed by atoms with Gasteiger partial charge in [-0.1, -0.05) is 38.1 Å². The molecule has 0 spiro atoms. The Hall–Kier alpha value is -3.67. The maximum atomic E-state index is 11.3. The van der Waals surface area contributed by atoms with Gasteiger partial charge in [-0.15, -0.1) is 5.10 Å². The van der Waals surface area contributed by atoms with Crippen molar-refractivity contribution in [2.75, 3.05) is 10.6 Å². The van der Waals surface area contributed by atoms with Crippen LogP contribution in [0.4, 0.5) is 17.3 Å². The lowest BCUT2D eigenvalue weighted by Crippen LogP contribution is -2.05. The van der Waals surface area contributed by atoms with E-state index < -0.39 is 0 Å². The second kappa shape index (κ2) is 7.75. The minimum Gasteiger partial charge on any atom is -0.326 e. The minimum atomic E-state index is -0.0916. The zero-order valence-electron chi connectivity index (χ0n) is 16.7. The Morgan fingerprint density at radius 2 is 1.76 bits per heavy atom. The molecule has 2 aromatic heterocycles. The largest absolute Gasteiger partial charge is 0.326 e. The molecule has 1 amide bonds. The SMILES string of the molecule is CC(=O)Nc1cccc(-c2ccc3nc(Nc4ccc(C(C)C)cc4)nn3c2)c1. The van der Waals surface area contributed by atoms with Crippen molar-refractivity contribution in [2.45, 2.75) is 26.7 Å². The summed E-state index contributed by atoms with van der Waals surface area (Å²) in [5.74, 6) is 0.956. The number of carbonyl (C=O) groups excluding carboxylic acids is 1. The van der Waals surface area contributed by atoms with Crippen LogP contribution in [-0.2, 0) is 4.79 Å². The van der Waals surface area contributed by atoms with E-state index in [9.17, 15) is 4.79 Å². The third kappa shape index (κ3) is 4.27. The molecule has 0 atom stereocenters. The summed E-state index contributed by atoms with van der Waals surface area (Å²) in [6.45, 7) is 5.85. The van der Waals surface area contributed by atoms with Crippen molar-refractivity contribution in [1.29, 1.82) is 0 Å². The summed E-state index contributed by atoms with van der Waals surface area (Å²) >= 11 is 0. The molecular weight excluding hydrogens is 362 g/mol. The van der Waals surface area contributed by atoms with Crippen LogP contribution in [0.2, 0.25) is 0 Å². The third-order valence-electron chi connectivity index (χ3n) is 4.68. The quantitative estimate of drug-likeness (QED) is 0.494. The van der Waals surface area contributed by atoms with Crippen LogP contribution in [0.3, 0.4) is 0 Å². The lowest BCUT2D eigenvalue weighted by atomic mass is 10.0. The zero-order valence-corrected chi connectivity index (χ0v) is 16.7. The summed E-state index contributed by atoms with van der Waals surface area (Å²) in [4.78, 5) is 15.8. The highest BCUT2D eigenvalue weighted by atomic mass is 16.1. The van der Waals surface area contributed by atoms with Crippen molar-refractivity contribution in [3.8, 4) is 11.1 Å². The highest BCUT2D eigenvalue weighted by Crippen LogP contribution is 2.24. The predicted molar refractivity (Wildman–Crippen MR) is 117 cm³/mol. The number of rotatable bonds is 5. The molecule has 0 aliphatic carbocycles. The Bertz CT molecular complexity index is 1160. The summed E-state index contributed by atoms with van der Waals surface area (Å²) < 4.78 is 1.76. The van der Waals surface area contributed by atoms with Gasteiger partial charge in [0.05, 0.1) is 0 Å². The van der Waals surface area contributed by atoms with E-state index in [0.29, 0.717) is 11.9 Å². The molecule has 0 aliphatic heterocycles. The van der Waals surface area contributed by atoms with Gasteiger partial charge in [-0.3, -0.25) is 4.79 Å². The molecule has 2 aromatic carbocycles. The van der Waals surface area contributed by atoms with Crippen LogP contribution in [0.15, 0.2) is 66.9 Å². The molecule has 0 fully saturated rings. The van der Waals surface area contributed by atoms with E-state index in [0.717, 1.165) is 28.1 Å². The average Bonchev–Trinajstić information content (AvgIpc) is 3.09. The maximum absolute atomic E-state index is 11.3. The van der Waals surface area contributed by atoms with Gasteiger partial charge < -0.3 is 10.6 Å². The number of aromatic nitrogens is 3. The normalized spacial score (nSPS) is 11.0. The summed E-state index contributed by atoms with van der Waals surface area (Å²) in [5, 5.41) is 10.6. The summed E-state index contributed by atoms with van der Waals surface area (Å²) in [6, 6.07) is 20.0. The molecule has 0 bridgehead atoms. The van der Waals surface area contributed by atoms with Crippen molar-refractivity contribution in [2.24, 2.45) is 0 Å². The summed E-state index contributed by atoms with van der Waals surface area (Å²) in [5.41, 5.74) is 5.75. The first-order chi connectivity index (χ1) is 14.0. The molecule has 2 heterocycles. The second-order valence-corrected chi connectivity index (χ2v) is 7.32. The van der Waals surface area contributed by atoms with Crippen molar-refractivity contribution in [3.05, 3.63) is 72.4 Å². The molecule has 0 radical (unpaired) electrons. The highest BCUT2D eigenvalue weighted by molar-refractivity contribution is 5.89. The van der Waals surface area contributed by atoms with Crippen molar-refractivity contribution < 1.29 is 4.79 Å². The van der Waals surface area contributed by atoms with Gasteiger partial charge in [-0.05, 0) is 53.4 Å². The number of fused-ring (bicyclic) bond motifs is 1. The number of hydrogen-bond acceptors (Lipinski definition) is 4. The van der Waals surface area contributed by atoms with Crippen LogP contribution in [-0.4, -0.2) is 20.5 Å². The van der Waals surface area contributed by atoms with Crippen LogP contribution < -0.4 is 10.6 Å². The molecule has 146 valence electrons. The molecule has 6 nitrogen and oxygen atoms in total. The van der Waals surface area contributed by atoms with Gasteiger partial charge in [0.1, 0.15) is 0 Å². The maximum Gasteiger partial charge on any atom is 0.247 e. The van der Waals surface area contributed by atoms with Crippen LogP contribution in [0.5, 0.6) is 0 Å². The number of pyridine rings is 1. The molecular formula is C23H23N5O. The van der Waals surface area contributed by atoms with Gasteiger partial charge in [0.25, 0.3) is 0 Å². The van der Waals surface area contributed by atoms with Gasteiger partial charge in [0.2, 0.25) is 11.9 Å². The number of hydrogen-bond donors (Lipinski definition) is 2. The van der Waals surface area contributed by atoms with Crippen LogP contribution >= 0.6 is 0 Å². The summed E-state index contributed by atoms with van der Waals surface area (Å²) in [7, 11) is 0. The van der Waals surface area contributed by atoms with Gasteiger partial charge in [-0.2, -0.15) is 4.98 Å². The molecule has 2 N–H and O–H groups in total. The monoisotopic (exact) mass is 385 g/mol. The Morgan fingerprint density at radius 3 is 2.48 bits per heavy atom. The van der Waals surface area contributed by atoms with E-state index in [-0.39, 0.29) is 5.91 Å². The van der Waals surface area contributed by atoms with E-state index in [2.05, 4.69) is 46.7 Å². The second-order valence-electron chi connectivity index (χ2n) is 7.32. The fourth-order valence-electron chi connectivity index (χ4n) is 3.17. The topological polar surface area (TPSA) is 71.3 Å². The lowest BCUT2D eigenvalue weighted by Gasteiger charge is -2.06. The predicted octanol–water partition coefficient (Wildman–Crippen LogP) is 5.22. The van der Waals surface area contributed by atoms with E-state index in [1.165, 1.54) is 12.5 Å². The number of anilines is 3. The average molecular weight is 385 g/mol. The smallest absolute Gasteiger partial charge is 0.247 e. The lowest BCUT2D eigenvalue weighted by molar-refractivity contribution is -0.114. The van der Waals surface area contributed by atoms with Crippen molar-refractivity contribution in [1.82, 2.24) is 14.6 Å². The molecule has 0 saturated carbocycles. The number of nitrogens with one attached hydrogen (secondary N) is 2. The highest BCUT2D eigenvalue weighted by Gasteiger charge is 2.07. The Kier molecular flexibility index (Phi) is 4.99. The first-order valence-corrected chi connectivity index (χ1v) is 9.59. The van der Waals surface area contributed by atoms with E-state index >= 15 is 0 Å². The molecule has 29 heavy (non-hydrogen) atoms. The fourth-order valence-corrected chi connectivity index (χ4v) is 3.17. The minimum absolute atomic E-state index is 0.0916. The van der Waals surface area contributed by atoms with Crippen molar-refractivity contribution in [3.63, 3.8) is 0 Å². The number of nitrogens with zero attached hydrogens (tertiary/aromatic N) is 3. The van der Waals surface area contributed by atoms with Gasteiger partial charge in [0.15, 0.2) is 5.65 Å². The van der Waals surface area contributed by atoms with Gasteiger partial charge in [0, 0.05) is 30.1 Å². The Morgan fingerprint density at radius 1 is 0.966 bits per heavy atom. The molecule has 4 aromatic rings. The molecule has 6 heteroatoms. The van der Waals surface area contributed by atoms with E-state index in [1.54, 1.807) is 4.52 Å². The Labute approximate surface area is 169 Å². The first kappa shape index (κ1) is 18.7. The third-order valence-corrected chi connectivity index (χ3v) is 4.68. The first-order valence-electron chi connectivity index (χ1n) is 9.59. The molecule has 0 unspecified atom stereocenters. The molecule has 0 aliphatic rings. The van der Waals surface area contributed by atoms with E-state index in [4.69, 9.17) is 0 Å². The van der Waals surface area contributed by atoms with Gasteiger partial charge in [-0.25, -0.2) is 4.52 Å². The number of benzene rings is 2. The van der Waals surface area contributed by atoms with Crippen LogP contribution in [0, 0.1) is 0 Å². The van der Waals surface area contributed by atoms with Crippen LogP contribution in [0.1, 0.15) is 32.3 Å². The molecule has 0 saturated heterocycles. The van der Waals surface area contributed by atoms with E-state index in [1.807, 2.05) is 54.7 Å². The fraction of sp³-hybridized carbons (Fsp3) is 0.174. The summed E-state index contributed by atoms with van der Waals surface area (Å²) in [6.07, 6.45) is 1.93. The van der Waals surface area contributed by atoms with Crippen molar-refractivity contribution >= 4 is 28.9 Å². The zero-order chi connectivity index (χ0) is 20.4. The van der Waals surface area contributed by atoms with Gasteiger partial charge >= 0.3 is 0 Å². The number of amides is 1. The Balaban J connectivity index is 1.58. The van der Waals surface area contributed by atoms with Crippen LogP contribution in [0.25, 0.3) is 16.8 Å². The molecule has 4 rings (SSSR count). The standard InChI is InChI=1S/C23H23N5O/c1-15(2)17-7-10-20(11-8-17)25-23-26-22-12-9-19(14-28(22)27-23)18-5-4-6-21(13-18)24-16(3)29/h4-15H,1-3H3,(H,24,29)(H,25,27).